The summed E-state index contributed by atoms with van der Waals surface area (Å²) in [4.78, 5) is 9.57. The van der Waals surface area contributed by atoms with Crippen LogP contribution >= 0.6 is 20.4 Å². The van der Waals surface area contributed by atoms with Crippen molar-refractivity contribution < 1.29 is 9.46 Å². The Morgan fingerprint density at radius 1 is 2.00 bits per heavy atom. The molecule has 0 aliphatic rings. The molecule has 0 aliphatic heterocycles. The lowest BCUT2D eigenvalue weighted by molar-refractivity contribution is -0.165. The van der Waals surface area contributed by atoms with Crippen LogP contribution in [0.25, 0.3) is 0 Å². The van der Waals surface area contributed by atoms with Crippen LogP contribution in [-0.2, 0) is 4.57 Å². The average molecular weight is 138 g/mol. The van der Waals surface area contributed by atoms with Gasteiger partial charge in [0.15, 0.2) is 0 Å². The Morgan fingerprint density at radius 3 is 2.43 bits per heavy atom. The lowest BCUT2D eigenvalue weighted by atomic mass is 11.3. The lowest BCUT2D eigenvalue weighted by Gasteiger charge is -1.86. The monoisotopic (exact) mass is 138 g/mol. The van der Waals surface area contributed by atoms with Gasteiger partial charge < -0.3 is 10.6 Å². The first-order valence-electron chi connectivity index (χ1n) is 1.33. The summed E-state index contributed by atoms with van der Waals surface area (Å²) in [6.45, 7) is 0. The van der Waals surface area contributed by atoms with E-state index in [4.69, 9.17) is 5.73 Å². The minimum absolute atomic E-state index is 0.226. The van der Waals surface area contributed by atoms with E-state index < -0.39 is 8.18 Å². The molecule has 0 amide bonds. The molecule has 6 heteroatoms. The predicted octanol–water partition coefficient (Wildman–Crippen LogP) is -1.16. The van der Waals surface area contributed by atoms with Crippen LogP contribution in [0.1, 0.15) is 0 Å². The van der Waals surface area contributed by atoms with Crippen molar-refractivity contribution >= 4 is 25.5 Å². The van der Waals surface area contributed by atoms with Crippen molar-refractivity contribution in [3.05, 3.63) is 0 Å². The van der Waals surface area contributed by atoms with Gasteiger partial charge in [-0.25, -0.2) is 0 Å². The van der Waals surface area contributed by atoms with Crippen LogP contribution in [0.3, 0.4) is 0 Å². The molecule has 3 N–H and O–H groups in total. The maximum absolute atomic E-state index is 9.57. The van der Waals surface area contributed by atoms with E-state index in [1.54, 1.807) is 5.09 Å². The van der Waals surface area contributed by atoms with Crippen LogP contribution in [0.15, 0.2) is 0 Å². The maximum Gasteiger partial charge on any atom is 0.439 e. The summed E-state index contributed by atoms with van der Waals surface area (Å²) in [7, 11) is -2.66. The first-order chi connectivity index (χ1) is 3.13. The minimum atomic E-state index is -2.66. The van der Waals surface area contributed by atoms with E-state index in [1.807, 2.05) is 0 Å². The van der Waals surface area contributed by atoms with E-state index in [0.29, 0.717) is 0 Å². The van der Waals surface area contributed by atoms with Crippen LogP contribution in [-0.4, -0.2) is 5.11 Å². The van der Waals surface area contributed by atoms with Gasteiger partial charge in [0.25, 0.3) is 0 Å². The molecule has 4 nitrogen and oxygen atoms in total. The van der Waals surface area contributed by atoms with Gasteiger partial charge in [-0.05, 0) is 16.8 Å². The molecule has 1 unspecified atom stereocenters. The molecule has 40 valence electrons. The molecule has 1 atom stereocenters. The molecule has 0 aromatic rings. The van der Waals surface area contributed by atoms with Crippen LogP contribution < -0.4 is 15.7 Å². The van der Waals surface area contributed by atoms with Crippen LogP contribution in [0.2, 0.25) is 0 Å². The van der Waals surface area contributed by atoms with E-state index in [9.17, 15) is 9.46 Å². The smallest absolute Gasteiger partial charge is 0.439 e. The Bertz CT molecular complexity index is 91.9. The zero-order valence-corrected chi connectivity index (χ0v) is 4.96. The van der Waals surface area contributed by atoms with Crippen molar-refractivity contribution in [1.82, 2.24) is 5.09 Å². The highest BCUT2D eigenvalue weighted by atomic mass is 32.1. The van der Waals surface area contributed by atoms with Crippen molar-refractivity contribution in [3.63, 3.8) is 0 Å². The highest BCUT2D eigenvalue weighted by molar-refractivity contribution is 7.80. The summed E-state index contributed by atoms with van der Waals surface area (Å²) < 4.78 is 9.57. The SMILES string of the molecule is NC(=S)N[P+](=O)[O-]. The van der Waals surface area contributed by atoms with Crippen LogP contribution in [0, 0.1) is 0 Å². The Hall–Kier alpha value is -0.250. The summed E-state index contributed by atoms with van der Waals surface area (Å²) in [5.41, 5.74) is 4.73. The molecule has 0 aromatic carbocycles. The summed E-state index contributed by atoms with van der Waals surface area (Å²) in [6, 6.07) is 0. The molecular weight excluding hydrogens is 135 g/mol. The van der Waals surface area contributed by atoms with Gasteiger partial charge in [0, 0.05) is 0 Å². The fourth-order valence-electron chi connectivity index (χ4n) is 0.0900. The largest absolute Gasteiger partial charge is 0.573 e. The summed E-state index contributed by atoms with van der Waals surface area (Å²) in [5, 5.41) is 1.54. The fourth-order valence-corrected chi connectivity index (χ4v) is 0.494. The third-order valence-corrected chi connectivity index (χ3v) is 0.878. The van der Waals surface area contributed by atoms with Gasteiger partial charge >= 0.3 is 8.18 Å². The molecule has 0 aliphatic carbocycles. The highest BCUT2D eigenvalue weighted by Crippen LogP contribution is 1.94. The fraction of sp³-hybridized carbons (Fsp3) is 0. The zero-order valence-electron chi connectivity index (χ0n) is 3.25. The summed E-state index contributed by atoms with van der Waals surface area (Å²) in [6.07, 6.45) is 0. The van der Waals surface area contributed by atoms with Gasteiger partial charge in [0.2, 0.25) is 5.11 Å². The van der Waals surface area contributed by atoms with Gasteiger partial charge in [0.1, 0.15) is 0 Å². The zero-order chi connectivity index (χ0) is 5.86. The number of rotatable bonds is 1. The molecule has 0 spiro atoms. The number of thiocarbonyl (C=S) groups is 1. The first kappa shape index (κ1) is 6.75. The number of hydrogen-bond donors (Lipinski definition) is 2. The van der Waals surface area contributed by atoms with Gasteiger partial charge in [-0.3, -0.25) is 0 Å². The topological polar surface area (TPSA) is 78.2 Å². The molecule has 7 heavy (non-hydrogen) atoms. The normalized spacial score (nSPS) is 10.1. The van der Waals surface area contributed by atoms with Crippen molar-refractivity contribution in [2.75, 3.05) is 0 Å². The van der Waals surface area contributed by atoms with Gasteiger partial charge in [-0.1, -0.05) is 0 Å². The van der Waals surface area contributed by atoms with Gasteiger partial charge in [-0.15, -0.1) is 0 Å². The van der Waals surface area contributed by atoms with Crippen molar-refractivity contribution in [2.24, 2.45) is 5.73 Å². The second-order valence-corrected chi connectivity index (χ2v) is 1.91. The number of nitrogens with one attached hydrogen (secondary N) is 1. The van der Waals surface area contributed by atoms with Gasteiger partial charge in [-0.2, -0.15) is 5.09 Å². The Morgan fingerprint density at radius 2 is 2.43 bits per heavy atom. The lowest BCUT2D eigenvalue weighted by Crippen LogP contribution is -2.25. The van der Waals surface area contributed by atoms with E-state index in [2.05, 4.69) is 12.2 Å². The number of hydrogen-bond acceptors (Lipinski definition) is 3. The second kappa shape index (κ2) is 2.85. The van der Waals surface area contributed by atoms with E-state index in [1.165, 1.54) is 0 Å². The van der Waals surface area contributed by atoms with Crippen molar-refractivity contribution in [2.45, 2.75) is 0 Å². The highest BCUT2D eigenvalue weighted by Gasteiger charge is 1.95. The molecule has 0 aromatic heterocycles. The second-order valence-electron chi connectivity index (χ2n) is 0.733. The molecule has 0 fully saturated rings. The Balaban J connectivity index is 3.32. The molecular formula is CH3N2O2PS. The summed E-state index contributed by atoms with van der Waals surface area (Å²) in [5.74, 6) is 0. The summed E-state index contributed by atoms with van der Waals surface area (Å²) >= 11 is 4.15. The molecule has 0 bridgehead atoms. The van der Waals surface area contributed by atoms with Crippen LogP contribution in [0.5, 0.6) is 0 Å². The van der Waals surface area contributed by atoms with Crippen LogP contribution in [0.4, 0.5) is 0 Å². The minimum Gasteiger partial charge on any atom is -0.573 e. The molecule has 0 saturated carbocycles. The molecule has 0 saturated heterocycles. The maximum atomic E-state index is 9.57. The molecule has 0 heterocycles. The van der Waals surface area contributed by atoms with E-state index in [0.717, 1.165) is 0 Å². The first-order valence-corrected chi connectivity index (χ1v) is 2.92. The third kappa shape index (κ3) is 5.75. The third-order valence-electron chi connectivity index (χ3n) is 0.201. The Labute approximate surface area is 46.6 Å². The van der Waals surface area contributed by atoms with Crippen molar-refractivity contribution in [3.8, 4) is 0 Å². The van der Waals surface area contributed by atoms with E-state index in [-0.39, 0.29) is 5.11 Å². The van der Waals surface area contributed by atoms with E-state index >= 15 is 0 Å². The number of nitrogens with two attached hydrogens (primary N) is 1. The predicted molar refractivity (Wildman–Crippen MR) is 27.5 cm³/mol. The molecule has 0 rings (SSSR count). The molecule has 0 radical (unpaired) electrons. The van der Waals surface area contributed by atoms with Crippen molar-refractivity contribution in [1.29, 1.82) is 0 Å². The standard InChI is InChI=1S/CH3N2O2PS/c2-1(7)3-6(4)5/h(H3,2,3,4,5,7). The Kier molecular flexibility index (Phi) is 2.75. The quantitative estimate of drug-likeness (QED) is 0.353. The average Bonchev–Trinajstić information content (AvgIpc) is 1.27. The van der Waals surface area contributed by atoms with Gasteiger partial charge in [0.05, 0.1) is 0 Å².